The predicted molar refractivity (Wildman–Crippen MR) is 137 cm³/mol. The Morgan fingerprint density at radius 2 is 1.40 bits per heavy atom. The number of benzene rings is 4. The van der Waals surface area contributed by atoms with Crippen LogP contribution < -0.4 is 24.8 Å². The maximum Gasteiger partial charge on any atom is 0.262 e. The second-order valence-electron chi connectivity index (χ2n) is 7.53. The Morgan fingerprint density at radius 3 is 2.14 bits per heavy atom. The summed E-state index contributed by atoms with van der Waals surface area (Å²) in [5.41, 5.74) is 1.22. The third kappa shape index (κ3) is 5.65. The number of fused-ring (bicyclic) bond motifs is 1. The highest BCUT2D eigenvalue weighted by Gasteiger charge is 2.18. The molecular formula is C27H23ClN2O5. The van der Waals surface area contributed by atoms with Crippen LogP contribution in [0.5, 0.6) is 17.2 Å². The molecule has 0 atom stereocenters. The van der Waals surface area contributed by atoms with Gasteiger partial charge in [0.2, 0.25) is 0 Å². The molecule has 35 heavy (non-hydrogen) atoms. The van der Waals surface area contributed by atoms with Crippen LogP contribution in [-0.4, -0.2) is 32.6 Å². The Hall–Kier alpha value is -4.23. The predicted octanol–water partition coefficient (Wildman–Crippen LogP) is 5.78. The summed E-state index contributed by atoms with van der Waals surface area (Å²) < 4.78 is 16.4. The van der Waals surface area contributed by atoms with Gasteiger partial charge in [0.05, 0.1) is 31.2 Å². The summed E-state index contributed by atoms with van der Waals surface area (Å²) in [5, 5.41) is 7.76. The first-order valence-electron chi connectivity index (χ1n) is 10.7. The molecule has 0 radical (unpaired) electrons. The van der Waals surface area contributed by atoms with Crippen molar-refractivity contribution < 1.29 is 23.8 Å². The monoisotopic (exact) mass is 490 g/mol. The lowest BCUT2D eigenvalue weighted by atomic mass is 10.1. The summed E-state index contributed by atoms with van der Waals surface area (Å²) in [6, 6.07) is 23.0. The minimum Gasteiger partial charge on any atom is -0.495 e. The second kappa shape index (κ2) is 10.8. The Morgan fingerprint density at radius 1 is 0.743 bits per heavy atom. The highest BCUT2D eigenvalue weighted by molar-refractivity contribution is 6.31. The van der Waals surface area contributed by atoms with Gasteiger partial charge in [-0.3, -0.25) is 9.59 Å². The number of carbonyl (C=O) groups is 2. The van der Waals surface area contributed by atoms with Gasteiger partial charge in [-0.05, 0) is 53.2 Å². The van der Waals surface area contributed by atoms with E-state index >= 15 is 0 Å². The molecule has 0 spiro atoms. The minimum atomic E-state index is -0.435. The van der Waals surface area contributed by atoms with Gasteiger partial charge in [-0.1, -0.05) is 48.0 Å². The van der Waals surface area contributed by atoms with Gasteiger partial charge in [0.1, 0.15) is 17.2 Å². The topological polar surface area (TPSA) is 85.9 Å². The molecular weight excluding hydrogens is 468 g/mol. The van der Waals surface area contributed by atoms with Crippen LogP contribution in [0, 0.1) is 0 Å². The van der Waals surface area contributed by atoms with Gasteiger partial charge in [-0.2, -0.15) is 0 Å². The van der Waals surface area contributed by atoms with E-state index in [1.54, 1.807) is 48.5 Å². The summed E-state index contributed by atoms with van der Waals surface area (Å²) in [7, 11) is 3.03. The average Bonchev–Trinajstić information content (AvgIpc) is 2.87. The van der Waals surface area contributed by atoms with E-state index < -0.39 is 11.8 Å². The number of para-hydroxylation sites is 2. The van der Waals surface area contributed by atoms with E-state index in [0.29, 0.717) is 27.9 Å². The van der Waals surface area contributed by atoms with Crippen molar-refractivity contribution in [3.8, 4) is 17.2 Å². The van der Waals surface area contributed by atoms with Crippen LogP contribution in [0.25, 0.3) is 10.8 Å². The largest absolute Gasteiger partial charge is 0.495 e. The molecule has 0 unspecified atom stereocenters. The number of carbonyl (C=O) groups excluding carboxylic acids is 2. The van der Waals surface area contributed by atoms with Crippen molar-refractivity contribution in [1.29, 1.82) is 0 Å². The molecule has 0 aromatic heterocycles. The van der Waals surface area contributed by atoms with Crippen LogP contribution in [-0.2, 0) is 4.79 Å². The fraction of sp³-hybridized carbons (Fsp3) is 0.111. The van der Waals surface area contributed by atoms with E-state index in [-0.39, 0.29) is 17.9 Å². The van der Waals surface area contributed by atoms with E-state index in [1.807, 2.05) is 30.3 Å². The van der Waals surface area contributed by atoms with Gasteiger partial charge in [-0.15, -0.1) is 0 Å². The van der Waals surface area contributed by atoms with E-state index in [9.17, 15) is 9.59 Å². The Bertz CT molecular complexity index is 1390. The molecule has 4 rings (SSSR count). The lowest BCUT2D eigenvalue weighted by Gasteiger charge is -2.15. The quantitative estimate of drug-likeness (QED) is 0.327. The zero-order valence-corrected chi connectivity index (χ0v) is 19.9. The fourth-order valence-electron chi connectivity index (χ4n) is 3.56. The summed E-state index contributed by atoms with van der Waals surface area (Å²) in [6.45, 7) is -0.330. The van der Waals surface area contributed by atoms with E-state index in [2.05, 4.69) is 10.6 Å². The van der Waals surface area contributed by atoms with Crippen molar-refractivity contribution in [1.82, 2.24) is 0 Å². The molecule has 0 aliphatic carbocycles. The molecule has 0 saturated carbocycles. The lowest BCUT2D eigenvalue weighted by molar-refractivity contribution is -0.118. The van der Waals surface area contributed by atoms with Crippen LogP contribution in [0.1, 0.15) is 10.4 Å². The molecule has 4 aromatic rings. The molecule has 178 valence electrons. The zero-order valence-electron chi connectivity index (χ0n) is 19.1. The maximum atomic E-state index is 13.2. The molecule has 0 aliphatic rings. The van der Waals surface area contributed by atoms with Crippen LogP contribution in [0.4, 0.5) is 11.4 Å². The first-order chi connectivity index (χ1) is 17.0. The molecule has 7 nitrogen and oxygen atoms in total. The fourth-order valence-corrected chi connectivity index (χ4v) is 3.73. The van der Waals surface area contributed by atoms with Gasteiger partial charge in [0, 0.05) is 5.02 Å². The van der Waals surface area contributed by atoms with Crippen LogP contribution in [0.2, 0.25) is 5.02 Å². The van der Waals surface area contributed by atoms with Crippen molar-refractivity contribution in [2.75, 3.05) is 31.5 Å². The summed E-state index contributed by atoms with van der Waals surface area (Å²) >= 11 is 6.04. The van der Waals surface area contributed by atoms with Crippen LogP contribution in [0.15, 0.2) is 78.9 Å². The number of methoxy groups -OCH3 is 2. The maximum absolute atomic E-state index is 13.2. The first-order valence-corrected chi connectivity index (χ1v) is 11.1. The van der Waals surface area contributed by atoms with E-state index in [4.69, 9.17) is 25.8 Å². The molecule has 8 heteroatoms. The summed E-state index contributed by atoms with van der Waals surface area (Å²) in [6.07, 6.45) is 0. The van der Waals surface area contributed by atoms with Crippen molar-refractivity contribution in [2.45, 2.75) is 0 Å². The summed E-state index contributed by atoms with van der Waals surface area (Å²) in [4.78, 5) is 25.9. The molecule has 0 aliphatic heterocycles. The van der Waals surface area contributed by atoms with Crippen molar-refractivity contribution in [3.63, 3.8) is 0 Å². The van der Waals surface area contributed by atoms with Gasteiger partial charge in [0.25, 0.3) is 11.8 Å². The van der Waals surface area contributed by atoms with Crippen LogP contribution >= 0.6 is 11.6 Å². The molecule has 4 aromatic carbocycles. The van der Waals surface area contributed by atoms with Crippen molar-refractivity contribution >= 4 is 45.6 Å². The van der Waals surface area contributed by atoms with E-state index in [1.165, 1.54) is 14.2 Å². The normalized spacial score (nSPS) is 10.5. The highest BCUT2D eigenvalue weighted by atomic mass is 35.5. The summed E-state index contributed by atoms with van der Waals surface area (Å²) in [5.74, 6) is 0.426. The number of halogens is 1. The molecule has 0 bridgehead atoms. The molecule has 0 fully saturated rings. The standard InChI is InChI=1S/C27H23ClN2O5/c1-33-23-10-6-5-9-21(23)30-27(32)20-13-17-7-3-4-8-18(17)14-25(20)35-16-26(31)29-22-15-19(28)11-12-24(22)34-2/h3-15H,16H2,1-2H3,(H,29,31)(H,30,32). The number of anilines is 2. The molecule has 2 amide bonds. The Kier molecular flexibility index (Phi) is 7.38. The Balaban J connectivity index is 1.58. The second-order valence-corrected chi connectivity index (χ2v) is 7.97. The number of hydrogen-bond donors (Lipinski definition) is 2. The molecule has 0 heterocycles. The Labute approximate surface area is 207 Å². The van der Waals surface area contributed by atoms with E-state index in [0.717, 1.165) is 10.8 Å². The van der Waals surface area contributed by atoms with Crippen LogP contribution in [0.3, 0.4) is 0 Å². The highest BCUT2D eigenvalue weighted by Crippen LogP contribution is 2.30. The first kappa shape index (κ1) is 23.9. The number of rotatable bonds is 8. The third-order valence-electron chi connectivity index (χ3n) is 5.24. The number of nitrogens with one attached hydrogen (secondary N) is 2. The van der Waals surface area contributed by atoms with Gasteiger partial charge in [0.15, 0.2) is 6.61 Å². The minimum absolute atomic E-state index is 0.268. The van der Waals surface area contributed by atoms with Crippen molar-refractivity contribution in [2.24, 2.45) is 0 Å². The number of hydrogen-bond acceptors (Lipinski definition) is 5. The lowest BCUT2D eigenvalue weighted by Crippen LogP contribution is -2.22. The zero-order chi connectivity index (χ0) is 24.8. The average molecular weight is 491 g/mol. The van der Waals surface area contributed by atoms with Gasteiger partial charge < -0.3 is 24.8 Å². The number of amides is 2. The van der Waals surface area contributed by atoms with Crippen molar-refractivity contribution in [3.05, 3.63) is 89.4 Å². The molecule has 2 N–H and O–H groups in total. The SMILES string of the molecule is COc1ccc(Cl)cc1NC(=O)COc1cc2ccccc2cc1C(=O)Nc1ccccc1OC. The molecule has 0 saturated heterocycles. The number of ether oxygens (including phenoxy) is 3. The van der Waals surface area contributed by atoms with Gasteiger partial charge in [-0.25, -0.2) is 0 Å². The van der Waals surface area contributed by atoms with Gasteiger partial charge >= 0.3 is 0 Å². The third-order valence-corrected chi connectivity index (χ3v) is 5.48. The smallest absolute Gasteiger partial charge is 0.262 e.